The van der Waals surface area contributed by atoms with Crippen LogP contribution in [0.3, 0.4) is 0 Å². The van der Waals surface area contributed by atoms with Crippen molar-refractivity contribution in [2.45, 2.75) is 9.83 Å². The van der Waals surface area contributed by atoms with E-state index in [-0.39, 0.29) is 6.04 Å². The van der Waals surface area contributed by atoms with Crippen LogP contribution < -0.4 is 4.90 Å². The molecule has 0 radical (unpaired) electrons. The first kappa shape index (κ1) is 13.8. The van der Waals surface area contributed by atoms with E-state index >= 15 is 0 Å². The first-order chi connectivity index (χ1) is 9.57. The highest BCUT2D eigenvalue weighted by Gasteiger charge is 2.40. The summed E-state index contributed by atoms with van der Waals surface area (Å²) in [4.78, 5) is 2.00. The molecular weight excluding hydrogens is 313 g/mol. The SMILES string of the molecule is ClC(Cl)(Cl)C1c2ccccc2C=CN1c1ccccc1. The second-order valence-electron chi connectivity index (χ2n) is 4.63. The van der Waals surface area contributed by atoms with Crippen molar-refractivity contribution in [3.63, 3.8) is 0 Å². The van der Waals surface area contributed by atoms with Crippen molar-refractivity contribution in [3.8, 4) is 0 Å². The molecule has 0 aromatic heterocycles. The Morgan fingerprint density at radius 1 is 0.850 bits per heavy atom. The molecule has 0 saturated heterocycles. The standard InChI is InChI=1S/C16H12Cl3N/c17-16(18,19)15-14-9-5-4-6-12(14)10-11-20(15)13-7-2-1-3-8-13/h1-11,15H. The predicted molar refractivity (Wildman–Crippen MR) is 87.4 cm³/mol. The average molecular weight is 325 g/mol. The summed E-state index contributed by atoms with van der Waals surface area (Å²) >= 11 is 18.7. The number of hydrogen-bond acceptors (Lipinski definition) is 1. The Labute approximate surface area is 133 Å². The zero-order valence-corrected chi connectivity index (χ0v) is 12.8. The van der Waals surface area contributed by atoms with Crippen molar-refractivity contribution < 1.29 is 0 Å². The Morgan fingerprint density at radius 3 is 2.20 bits per heavy atom. The summed E-state index contributed by atoms with van der Waals surface area (Å²) < 4.78 is -1.42. The summed E-state index contributed by atoms with van der Waals surface area (Å²) in [7, 11) is 0. The van der Waals surface area contributed by atoms with Gasteiger partial charge in [-0.1, -0.05) is 77.3 Å². The van der Waals surface area contributed by atoms with Crippen LogP contribution in [0, 0.1) is 0 Å². The largest absolute Gasteiger partial charge is 0.336 e. The highest BCUT2D eigenvalue weighted by Crippen LogP contribution is 2.48. The van der Waals surface area contributed by atoms with Gasteiger partial charge in [0, 0.05) is 11.9 Å². The Morgan fingerprint density at radius 2 is 1.50 bits per heavy atom. The number of para-hydroxylation sites is 1. The predicted octanol–water partition coefficient (Wildman–Crippen LogP) is 5.59. The van der Waals surface area contributed by atoms with E-state index in [2.05, 4.69) is 0 Å². The molecule has 3 rings (SSSR count). The minimum Gasteiger partial charge on any atom is -0.336 e. The molecule has 0 bridgehead atoms. The lowest BCUT2D eigenvalue weighted by Crippen LogP contribution is -2.35. The molecule has 2 aromatic carbocycles. The third kappa shape index (κ3) is 2.54. The van der Waals surface area contributed by atoms with E-state index in [1.807, 2.05) is 71.8 Å². The van der Waals surface area contributed by atoms with Crippen molar-refractivity contribution in [3.05, 3.63) is 71.9 Å². The van der Waals surface area contributed by atoms with Gasteiger partial charge in [-0.3, -0.25) is 0 Å². The third-order valence-electron chi connectivity index (χ3n) is 3.35. The molecule has 1 unspecified atom stereocenters. The first-order valence-corrected chi connectivity index (χ1v) is 7.38. The van der Waals surface area contributed by atoms with Crippen LogP contribution in [0.2, 0.25) is 0 Å². The summed E-state index contributed by atoms with van der Waals surface area (Å²) in [5, 5.41) is 0. The number of fused-ring (bicyclic) bond motifs is 1. The maximum Gasteiger partial charge on any atom is 0.215 e. The summed E-state index contributed by atoms with van der Waals surface area (Å²) in [5.41, 5.74) is 3.09. The second kappa shape index (κ2) is 5.33. The molecule has 20 heavy (non-hydrogen) atoms. The lowest BCUT2D eigenvalue weighted by atomic mass is 9.96. The molecule has 4 heteroatoms. The van der Waals surface area contributed by atoms with Gasteiger partial charge < -0.3 is 4.90 Å². The number of alkyl halides is 3. The van der Waals surface area contributed by atoms with Crippen molar-refractivity contribution in [2.24, 2.45) is 0 Å². The molecule has 2 aromatic rings. The minimum atomic E-state index is -1.42. The first-order valence-electron chi connectivity index (χ1n) is 6.24. The van der Waals surface area contributed by atoms with Gasteiger partial charge in [-0.15, -0.1) is 0 Å². The van der Waals surface area contributed by atoms with E-state index < -0.39 is 3.79 Å². The van der Waals surface area contributed by atoms with Crippen molar-refractivity contribution in [1.82, 2.24) is 0 Å². The number of anilines is 1. The van der Waals surface area contributed by atoms with Gasteiger partial charge in [-0.2, -0.15) is 0 Å². The van der Waals surface area contributed by atoms with Crippen LogP contribution in [0.15, 0.2) is 60.8 Å². The van der Waals surface area contributed by atoms with Crippen LogP contribution in [-0.2, 0) is 0 Å². The van der Waals surface area contributed by atoms with E-state index in [0.717, 1.165) is 16.8 Å². The molecule has 0 N–H and O–H groups in total. The number of benzene rings is 2. The third-order valence-corrected chi connectivity index (χ3v) is 3.97. The quantitative estimate of drug-likeness (QED) is 0.618. The molecule has 0 spiro atoms. The van der Waals surface area contributed by atoms with Crippen molar-refractivity contribution in [2.75, 3.05) is 4.90 Å². The summed E-state index contributed by atoms with van der Waals surface area (Å²) in [6.45, 7) is 0. The molecule has 1 atom stereocenters. The number of nitrogens with zero attached hydrogens (tertiary/aromatic N) is 1. The fraction of sp³-hybridized carbons (Fsp3) is 0.125. The molecule has 0 amide bonds. The van der Waals surface area contributed by atoms with Crippen LogP contribution in [0.4, 0.5) is 5.69 Å². The zero-order chi connectivity index (χ0) is 14.2. The van der Waals surface area contributed by atoms with Gasteiger partial charge in [0.05, 0.1) is 0 Å². The molecular formula is C16H12Cl3N. The Bertz CT molecular complexity index is 632. The van der Waals surface area contributed by atoms with E-state index in [4.69, 9.17) is 34.8 Å². The molecule has 1 nitrogen and oxygen atoms in total. The van der Waals surface area contributed by atoms with Gasteiger partial charge in [0.2, 0.25) is 3.79 Å². The van der Waals surface area contributed by atoms with E-state index in [0.29, 0.717) is 0 Å². The second-order valence-corrected chi connectivity index (χ2v) is 7.00. The van der Waals surface area contributed by atoms with E-state index in [1.54, 1.807) is 0 Å². The maximum absolute atomic E-state index is 6.24. The van der Waals surface area contributed by atoms with Crippen LogP contribution in [0.1, 0.15) is 17.2 Å². The van der Waals surface area contributed by atoms with Gasteiger partial charge >= 0.3 is 0 Å². The summed E-state index contributed by atoms with van der Waals surface area (Å²) in [5.74, 6) is 0. The smallest absolute Gasteiger partial charge is 0.215 e. The van der Waals surface area contributed by atoms with E-state index in [1.165, 1.54) is 0 Å². The lowest BCUT2D eigenvalue weighted by Gasteiger charge is -2.38. The molecule has 1 heterocycles. The highest BCUT2D eigenvalue weighted by molar-refractivity contribution is 6.68. The van der Waals surface area contributed by atoms with Gasteiger partial charge in [-0.25, -0.2) is 0 Å². The Kier molecular flexibility index (Phi) is 3.68. The normalized spacial score (nSPS) is 17.9. The van der Waals surface area contributed by atoms with Crippen LogP contribution in [0.25, 0.3) is 6.08 Å². The fourth-order valence-electron chi connectivity index (χ4n) is 2.48. The molecule has 1 aliphatic rings. The molecule has 102 valence electrons. The number of hydrogen-bond donors (Lipinski definition) is 0. The number of rotatable bonds is 1. The van der Waals surface area contributed by atoms with Gasteiger partial charge in [0.15, 0.2) is 0 Å². The number of halogens is 3. The molecule has 0 aliphatic carbocycles. The lowest BCUT2D eigenvalue weighted by molar-refractivity contribution is 0.702. The van der Waals surface area contributed by atoms with Crippen molar-refractivity contribution in [1.29, 1.82) is 0 Å². The fourth-order valence-corrected chi connectivity index (χ4v) is 3.15. The summed E-state index contributed by atoms with van der Waals surface area (Å²) in [6.07, 6.45) is 4.00. The minimum absolute atomic E-state index is 0.351. The van der Waals surface area contributed by atoms with Gasteiger partial charge in [-0.05, 0) is 29.3 Å². The van der Waals surface area contributed by atoms with E-state index in [9.17, 15) is 0 Å². The average Bonchev–Trinajstić information content (AvgIpc) is 2.46. The topological polar surface area (TPSA) is 3.24 Å². The monoisotopic (exact) mass is 323 g/mol. The Hall–Kier alpha value is -1.15. The highest BCUT2D eigenvalue weighted by atomic mass is 35.6. The van der Waals surface area contributed by atoms with Crippen molar-refractivity contribution >= 4 is 46.6 Å². The van der Waals surface area contributed by atoms with Crippen LogP contribution in [0.5, 0.6) is 0 Å². The maximum atomic E-state index is 6.24. The van der Waals surface area contributed by atoms with Crippen LogP contribution in [-0.4, -0.2) is 3.79 Å². The molecule has 0 fully saturated rings. The Balaban J connectivity index is 2.13. The summed E-state index contributed by atoms with van der Waals surface area (Å²) in [6, 6.07) is 17.5. The van der Waals surface area contributed by atoms with Gasteiger partial charge in [0.1, 0.15) is 6.04 Å². The molecule has 1 aliphatic heterocycles. The zero-order valence-electron chi connectivity index (χ0n) is 10.5. The van der Waals surface area contributed by atoms with Crippen LogP contribution >= 0.6 is 34.8 Å². The molecule has 0 saturated carbocycles. The van der Waals surface area contributed by atoms with Gasteiger partial charge in [0.25, 0.3) is 0 Å².